The highest BCUT2D eigenvalue weighted by Gasteiger charge is 2.28. The number of halogens is 1. The molecule has 1 aliphatic rings. The van der Waals surface area contributed by atoms with Gasteiger partial charge in [-0.05, 0) is 38.2 Å². The Morgan fingerprint density at radius 1 is 1.41 bits per heavy atom. The van der Waals surface area contributed by atoms with Crippen molar-refractivity contribution in [1.29, 1.82) is 0 Å². The number of carbonyl (C=O) groups excluding carboxylic acids is 1. The molecular formula is C20H32FN5O. The molecule has 2 rings (SSSR count). The molecule has 1 amide bonds. The molecule has 1 aliphatic heterocycles. The van der Waals surface area contributed by atoms with Gasteiger partial charge in [0.25, 0.3) is 0 Å². The maximum Gasteiger partial charge on any atom is 0.225 e. The van der Waals surface area contributed by atoms with Crippen LogP contribution in [0.1, 0.15) is 31.9 Å². The monoisotopic (exact) mass is 377 g/mol. The number of aliphatic imine (C=N–C) groups is 1. The highest BCUT2D eigenvalue weighted by atomic mass is 19.1. The summed E-state index contributed by atoms with van der Waals surface area (Å²) in [4.78, 5) is 20.4. The van der Waals surface area contributed by atoms with E-state index in [0.29, 0.717) is 19.0 Å². The van der Waals surface area contributed by atoms with E-state index in [9.17, 15) is 9.18 Å². The lowest BCUT2D eigenvalue weighted by atomic mass is 10.1. The van der Waals surface area contributed by atoms with Crippen molar-refractivity contribution < 1.29 is 9.18 Å². The lowest BCUT2D eigenvalue weighted by Crippen LogP contribution is -2.47. The van der Waals surface area contributed by atoms with E-state index in [1.54, 1.807) is 19.2 Å². The van der Waals surface area contributed by atoms with Gasteiger partial charge in [-0.15, -0.1) is 0 Å². The van der Waals surface area contributed by atoms with E-state index in [0.717, 1.165) is 18.5 Å². The molecule has 0 radical (unpaired) electrons. The summed E-state index contributed by atoms with van der Waals surface area (Å²) < 4.78 is 13.6. The van der Waals surface area contributed by atoms with E-state index in [2.05, 4.69) is 15.6 Å². The lowest BCUT2D eigenvalue weighted by molar-refractivity contribution is -0.133. The van der Waals surface area contributed by atoms with Crippen LogP contribution < -0.4 is 10.6 Å². The Hall–Kier alpha value is -2.15. The van der Waals surface area contributed by atoms with Crippen LogP contribution in [0.2, 0.25) is 0 Å². The quantitative estimate of drug-likeness (QED) is 0.587. The number of rotatable bonds is 6. The van der Waals surface area contributed by atoms with Gasteiger partial charge in [0.15, 0.2) is 5.96 Å². The van der Waals surface area contributed by atoms with Crippen molar-refractivity contribution in [2.45, 2.75) is 32.4 Å². The summed E-state index contributed by atoms with van der Waals surface area (Å²) in [6, 6.07) is 6.88. The molecule has 1 fully saturated rings. The van der Waals surface area contributed by atoms with Gasteiger partial charge in [0.1, 0.15) is 5.82 Å². The minimum atomic E-state index is -0.234. The molecule has 0 spiro atoms. The fourth-order valence-electron chi connectivity index (χ4n) is 3.34. The van der Waals surface area contributed by atoms with Crippen LogP contribution in [0.15, 0.2) is 29.3 Å². The fraction of sp³-hybridized carbons (Fsp3) is 0.600. The molecule has 1 saturated heterocycles. The summed E-state index contributed by atoms with van der Waals surface area (Å²) in [5.74, 6) is 0.680. The van der Waals surface area contributed by atoms with Crippen LogP contribution in [-0.4, -0.2) is 68.5 Å². The maximum absolute atomic E-state index is 13.6. The number of benzene rings is 1. The average Bonchev–Trinajstić information content (AvgIpc) is 3.08. The van der Waals surface area contributed by atoms with E-state index in [-0.39, 0.29) is 29.7 Å². The van der Waals surface area contributed by atoms with Crippen molar-refractivity contribution in [3.05, 3.63) is 35.6 Å². The molecular weight excluding hydrogens is 345 g/mol. The number of likely N-dealkylation sites (N-methyl/N-ethyl adjacent to an activating group) is 1. The van der Waals surface area contributed by atoms with Crippen LogP contribution in [0.4, 0.5) is 4.39 Å². The smallest absolute Gasteiger partial charge is 0.225 e. The van der Waals surface area contributed by atoms with Gasteiger partial charge in [0.05, 0.1) is 6.04 Å². The Balaban J connectivity index is 1.92. The summed E-state index contributed by atoms with van der Waals surface area (Å²) in [7, 11) is 5.67. The molecule has 6 nitrogen and oxygen atoms in total. The first kappa shape index (κ1) is 21.2. The molecule has 0 bridgehead atoms. The Kier molecular flexibility index (Phi) is 7.59. The molecule has 1 aromatic rings. The van der Waals surface area contributed by atoms with Crippen molar-refractivity contribution in [2.75, 3.05) is 40.8 Å². The topological polar surface area (TPSA) is 60.0 Å². The molecule has 2 unspecified atom stereocenters. The summed E-state index contributed by atoms with van der Waals surface area (Å²) in [6.07, 6.45) is 0.903. The molecule has 27 heavy (non-hydrogen) atoms. The van der Waals surface area contributed by atoms with Gasteiger partial charge in [-0.1, -0.05) is 26.0 Å². The molecule has 150 valence electrons. The second kappa shape index (κ2) is 9.69. The minimum Gasteiger partial charge on any atom is -0.354 e. The zero-order valence-corrected chi connectivity index (χ0v) is 17.0. The first-order valence-corrected chi connectivity index (χ1v) is 9.49. The van der Waals surface area contributed by atoms with E-state index in [1.165, 1.54) is 6.07 Å². The largest absolute Gasteiger partial charge is 0.354 e. The van der Waals surface area contributed by atoms with Gasteiger partial charge in [0.2, 0.25) is 5.91 Å². The third-order valence-corrected chi connectivity index (χ3v) is 4.88. The summed E-state index contributed by atoms with van der Waals surface area (Å²) >= 11 is 0. The first-order valence-electron chi connectivity index (χ1n) is 9.49. The molecule has 2 N–H and O–H groups in total. The van der Waals surface area contributed by atoms with Crippen LogP contribution >= 0.6 is 0 Å². The summed E-state index contributed by atoms with van der Waals surface area (Å²) in [5, 5.41) is 6.73. The number of nitrogens with one attached hydrogen (secondary N) is 2. The Morgan fingerprint density at radius 2 is 2.15 bits per heavy atom. The van der Waals surface area contributed by atoms with Gasteiger partial charge in [-0.2, -0.15) is 0 Å². The van der Waals surface area contributed by atoms with Crippen LogP contribution in [0, 0.1) is 11.7 Å². The molecule has 1 aromatic carbocycles. The normalized spacial score (nSPS) is 18.9. The molecule has 0 saturated carbocycles. The van der Waals surface area contributed by atoms with E-state index < -0.39 is 0 Å². The number of guanidine groups is 1. The van der Waals surface area contributed by atoms with E-state index in [4.69, 9.17) is 0 Å². The van der Waals surface area contributed by atoms with Gasteiger partial charge >= 0.3 is 0 Å². The minimum absolute atomic E-state index is 0.0156. The fourth-order valence-corrected chi connectivity index (χ4v) is 3.34. The molecule has 2 atom stereocenters. The third-order valence-electron chi connectivity index (χ3n) is 4.88. The highest BCUT2D eigenvalue weighted by Crippen LogP contribution is 2.18. The van der Waals surface area contributed by atoms with Crippen molar-refractivity contribution in [3.8, 4) is 0 Å². The summed E-state index contributed by atoms with van der Waals surface area (Å²) in [6.45, 7) is 5.92. The molecule has 0 aromatic heterocycles. The second-order valence-corrected chi connectivity index (χ2v) is 7.56. The SMILES string of the molecule is CN=C(NCC(c1cccc(F)c1)N(C)C)NC1CCN(C(=O)C(C)C)C1. The van der Waals surface area contributed by atoms with Crippen LogP contribution in [0.5, 0.6) is 0 Å². The Labute approximate surface area is 161 Å². The van der Waals surface area contributed by atoms with Gasteiger partial charge in [0, 0.05) is 38.6 Å². The number of likely N-dealkylation sites (tertiary alicyclic amines) is 1. The second-order valence-electron chi connectivity index (χ2n) is 7.56. The number of hydrogen-bond donors (Lipinski definition) is 2. The molecule has 1 heterocycles. The lowest BCUT2D eigenvalue weighted by Gasteiger charge is -2.27. The molecule has 0 aliphatic carbocycles. The number of carbonyl (C=O) groups is 1. The number of amides is 1. The Bertz CT molecular complexity index is 662. The third kappa shape index (κ3) is 5.92. The van der Waals surface area contributed by atoms with Crippen molar-refractivity contribution in [2.24, 2.45) is 10.9 Å². The van der Waals surface area contributed by atoms with Crippen LogP contribution in [-0.2, 0) is 4.79 Å². The van der Waals surface area contributed by atoms with E-state index in [1.807, 2.05) is 43.8 Å². The van der Waals surface area contributed by atoms with Gasteiger partial charge in [-0.3, -0.25) is 9.79 Å². The zero-order chi connectivity index (χ0) is 20.0. The number of hydrogen-bond acceptors (Lipinski definition) is 3. The molecule has 7 heteroatoms. The summed E-state index contributed by atoms with van der Waals surface area (Å²) in [5.41, 5.74) is 0.914. The van der Waals surface area contributed by atoms with E-state index >= 15 is 0 Å². The predicted molar refractivity (Wildman–Crippen MR) is 107 cm³/mol. The van der Waals surface area contributed by atoms with Crippen LogP contribution in [0.3, 0.4) is 0 Å². The maximum atomic E-state index is 13.6. The number of nitrogens with zero attached hydrogens (tertiary/aromatic N) is 3. The standard InChI is InChI=1S/C20H32FN5O/c1-14(2)19(27)26-10-9-17(13-26)24-20(22-3)23-12-18(25(4)5)15-7-6-8-16(21)11-15/h6-8,11,14,17-18H,9-10,12-13H2,1-5H3,(H2,22,23,24). The Morgan fingerprint density at radius 3 is 2.74 bits per heavy atom. The van der Waals surface area contributed by atoms with Gasteiger partial charge in [-0.25, -0.2) is 4.39 Å². The van der Waals surface area contributed by atoms with Gasteiger partial charge < -0.3 is 20.4 Å². The van der Waals surface area contributed by atoms with Crippen LogP contribution in [0.25, 0.3) is 0 Å². The highest BCUT2D eigenvalue weighted by molar-refractivity contribution is 5.81. The van der Waals surface area contributed by atoms with Crippen molar-refractivity contribution in [1.82, 2.24) is 20.4 Å². The average molecular weight is 378 g/mol. The van der Waals surface area contributed by atoms with Crippen molar-refractivity contribution in [3.63, 3.8) is 0 Å². The first-order chi connectivity index (χ1) is 12.8. The zero-order valence-electron chi connectivity index (χ0n) is 17.0. The van der Waals surface area contributed by atoms with Crippen molar-refractivity contribution >= 4 is 11.9 Å². The predicted octanol–water partition coefficient (Wildman–Crippen LogP) is 1.85.